The van der Waals surface area contributed by atoms with Crippen LogP contribution in [0.1, 0.15) is 71.4 Å². The second-order valence-electron chi connectivity index (χ2n) is 7.51. The van der Waals surface area contributed by atoms with Crippen molar-refractivity contribution in [3.63, 3.8) is 0 Å². The van der Waals surface area contributed by atoms with E-state index in [9.17, 15) is 0 Å². The monoisotopic (exact) mass is 273 g/mol. The van der Waals surface area contributed by atoms with E-state index in [2.05, 4.69) is 63.3 Å². The highest BCUT2D eigenvalue weighted by Crippen LogP contribution is 2.35. The summed E-state index contributed by atoms with van der Waals surface area (Å²) in [5, 5.41) is 3.98. The third kappa shape index (κ3) is 4.09. The van der Waals surface area contributed by atoms with Crippen molar-refractivity contribution in [1.29, 1.82) is 0 Å². The SMILES string of the molecule is CCC1CCCC(NC(c2ccccc2)C(C)(C)C)C1. The molecule has 1 N–H and O–H groups in total. The van der Waals surface area contributed by atoms with Crippen molar-refractivity contribution in [1.82, 2.24) is 5.32 Å². The van der Waals surface area contributed by atoms with Gasteiger partial charge in [0.25, 0.3) is 0 Å². The van der Waals surface area contributed by atoms with Crippen LogP contribution in [0.2, 0.25) is 0 Å². The third-order valence-electron chi connectivity index (χ3n) is 4.76. The van der Waals surface area contributed by atoms with Crippen molar-refractivity contribution in [2.75, 3.05) is 0 Å². The third-order valence-corrected chi connectivity index (χ3v) is 4.76. The molecule has 0 bridgehead atoms. The smallest absolute Gasteiger partial charge is 0.0371 e. The minimum atomic E-state index is 0.251. The molecule has 0 saturated heterocycles. The van der Waals surface area contributed by atoms with Crippen LogP contribution in [0.15, 0.2) is 30.3 Å². The Morgan fingerprint density at radius 2 is 1.85 bits per heavy atom. The van der Waals surface area contributed by atoms with E-state index >= 15 is 0 Å². The van der Waals surface area contributed by atoms with E-state index in [0.29, 0.717) is 12.1 Å². The van der Waals surface area contributed by atoms with Crippen LogP contribution in [0.3, 0.4) is 0 Å². The van der Waals surface area contributed by atoms with Crippen LogP contribution in [0, 0.1) is 11.3 Å². The molecule has 0 aliphatic heterocycles. The van der Waals surface area contributed by atoms with Gasteiger partial charge in [0.1, 0.15) is 0 Å². The maximum Gasteiger partial charge on any atom is 0.0371 e. The van der Waals surface area contributed by atoms with Gasteiger partial charge in [0.05, 0.1) is 0 Å². The molecule has 20 heavy (non-hydrogen) atoms. The highest BCUT2D eigenvalue weighted by Gasteiger charge is 2.30. The largest absolute Gasteiger partial charge is 0.307 e. The predicted octanol–water partition coefficient (Wildman–Crippen LogP) is 5.33. The fourth-order valence-corrected chi connectivity index (χ4v) is 3.54. The highest BCUT2D eigenvalue weighted by atomic mass is 15.0. The van der Waals surface area contributed by atoms with Gasteiger partial charge in [-0.1, -0.05) is 77.3 Å². The molecule has 3 atom stereocenters. The number of hydrogen-bond acceptors (Lipinski definition) is 1. The minimum absolute atomic E-state index is 0.251. The first-order valence-corrected chi connectivity index (χ1v) is 8.31. The molecule has 0 amide bonds. The average molecular weight is 273 g/mol. The van der Waals surface area contributed by atoms with E-state index in [0.717, 1.165) is 5.92 Å². The molecule has 1 heteroatoms. The van der Waals surface area contributed by atoms with Crippen LogP contribution >= 0.6 is 0 Å². The molecule has 3 unspecified atom stereocenters. The van der Waals surface area contributed by atoms with Crippen LogP contribution in [-0.2, 0) is 0 Å². The van der Waals surface area contributed by atoms with Crippen molar-refractivity contribution in [3.05, 3.63) is 35.9 Å². The second kappa shape index (κ2) is 6.76. The van der Waals surface area contributed by atoms with Gasteiger partial charge < -0.3 is 5.32 Å². The molecule has 1 saturated carbocycles. The lowest BCUT2D eigenvalue weighted by Crippen LogP contribution is -2.41. The Bertz CT molecular complexity index is 390. The van der Waals surface area contributed by atoms with Gasteiger partial charge in [-0.25, -0.2) is 0 Å². The van der Waals surface area contributed by atoms with Gasteiger partial charge in [-0.15, -0.1) is 0 Å². The molecule has 112 valence electrons. The van der Waals surface area contributed by atoms with Gasteiger partial charge in [0.2, 0.25) is 0 Å². The Hall–Kier alpha value is -0.820. The molecule has 0 aromatic heterocycles. The summed E-state index contributed by atoms with van der Waals surface area (Å²) >= 11 is 0. The summed E-state index contributed by atoms with van der Waals surface area (Å²) in [4.78, 5) is 0. The number of nitrogens with one attached hydrogen (secondary N) is 1. The molecule has 1 aliphatic rings. The maximum atomic E-state index is 3.98. The van der Waals surface area contributed by atoms with E-state index in [1.807, 2.05) is 0 Å². The van der Waals surface area contributed by atoms with Crippen molar-refractivity contribution >= 4 is 0 Å². The van der Waals surface area contributed by atoms with Gasteiger partial charge in [-0.05, 0) is 29.7 Å². The molecule has 1 nitrogen and oxygen atoms in total. The van der Waals surface area contributed by atoms with Crippen LogP contribution < -0.4 is 5.32 Å². The lowest BCUT2D eigenvalue weighted by Gasteiger charge is -2.38. The summed E-state index contributed by atoms with van der Waals surface area (Å²) in [6, 6.07) is 12.1. The van der Waals surface area contributed by atoms with E-state index in [4.69, 9.17) is 0 Å². The van der Waals surface area contributed by atoms with Gasteiger partial charge in [0.15, 0.2) is 0 Å². The number of hydrogen-bond donors (Lipinski definition) is 1. The zero-order valence-electron chi connectivity index (χ0n) is 13.7. The van der Waals surface area contributed by atoms with Gasteiger partial charge in [-0.2, -0.15) is 0 Å². The van der Waals surface area contributed by atoms with Crippen molar-refractivity contribution in [3.8, 4) is 0 Å². The zero-order valence-corrected chi connectivity index (χ0v) is 13.7. The summed E-state index contributed by atoms with van der Waals surface area (Å²) < 4.78 is 0. The van der Waals surface area contributed by atoms with Crippen LogP contribution in [0.4, 0.5) is 0 Å². The first-order valence-electron chi connectivity index (χ1n) is 8.31. The topological polar surface area (TPSA) is 12.0 Å². The first-order chi connectivity index (χ1) is 9.50. The van der Waals surface area contributed by atoms with Gasteiger partial charge in [0, 0.05) is 12.1 Å². The molecule has 1 fully saturated rings. The van der Waals surface area contributed by atoms with Gasteiger partial charge in [-0.3, -0.25) is 0 Å². The van der Waals surface area contributed by atoms with E-state index < -0.39 is 0 Å². The molecule has 1 aromatic rings. The summed E-state index contributed by atoms with van der Waals surface area (Å²) in [6.45, 7) is 9.37. The summed E-state index contributed by atoms with van der Waals surface area (Å²) in [6.07, 6.45) is 6.86. The Morgan fingerprint density at radius 3 is 2.45 bits per heavy atom. The van der Waals surface area contributed by atoms with Crippen molar-refractivity contribution < 1.29 is 0 Å². The van der Waals surface area contributed by atoms with Crippen LogP contribution in [-0.4, -0.2) is 6.04 Å². The fourth-order valence-electron chi connectivity index (χ4n) is 3.54. The van der Waals surface area contributed by atoms with Crippen LogP contribution in [0.25, 0.3) is 0 Å². The average Bonchev–Trinajstić information content (AvgIpc) is 2.45. The molecule has 0 heterocycles. The van der Waals surface area contributed by atoms with Gasteiger partial charge >= 0.3 is 0 Å². The molecular weight excluding hydrogens is 242 g/mol. The lowest BCUT2D eigenvalue weighted by atomic mass is 9.79. The molecule has 0 radical (unpaired) electrons. The second-order valence-corrected chi connectivity index (χ2v) is 7.51. The summed E-state index contributed by atoms with van der Waals surface area (Å²) in [5.41, 5.74) is 1.68. The van der Waals surface area contributed by atoms with Crippen molar-refractivity contribution in [2.45, 2.75) is 71.9 Å². The summed E-state index contributed by atoms with van der Waals surface area (Å²) in [7, 11) is 0. The quantitative estimate of drug-likeness (QED) is 0.781. The molecule has 0 spiro atoms. The first kappa shape index (κ1) is 15.6. The van der Waals surface area contributed by atoms with Crippen molar-refractivity contribution in [2.24, 2.45) is 11.3 Å². The minimum Gasteiger partial charge on any atom is -0.307 e. The van der Waals surface area contributed by atoms with Crippen LogP contribution in [0.5, 0.6) is 0 Å². The zero-order chi connectivity index (χ0) is 14.6. The molecule has 1 aromatic carbocycles. The highest BCUT2D eigenvalue weighted by molar-refractivity contribution is 5.21. The Morgan fingerprint density at radius 1 is 1.15 bits per heavy atom. The fraction of sp³-hybridized carbons (Fsp3) is 0.684. The Labute approximate surface area is 125 Å². The number of benzene rings is 1. The number of rotatable bonds is 4. The Balaban J connectivity index is 2.09. The van der Waals surface area contributed by atoms with E-state index in [1.165, 1.54) is 37.7 Å². The predicted molar refractivity (Wildman–Crippen MR) is 87.8 cm³/mol. The normalized spacial score (nSPS) is 25.4. The van der Waals surface area contributed by atoms with E-state index in [-0.39, 0.29) is 5.41 Å². The maximum absolute atomic E-state index is 3.98. The standard InChI is InChI=1S/C19H31N/c1-5-15-10-9-13-17(14-15)20-18(19(2,3)4)16-11-7-6-8-12-16/h6-8,11-12,15,17-18,20H,5,9-10,13-14H2,1-4H3. The lowest BCUT2D eigenvalue weighted by molar-refractivity contribution is 0.201. The summed E-state index contributed by atoms with van der Waals surface area (Å²) in [5.74, 6) is 0.928. The molecular formula is C19H31N. The molecule has 2 rings (SSSR count). The molecule has 1 aliphatic carbocycles. The van der Waals surface area contributed by atoms with E-state index in [1.54, 1.807) is 0 Å². The Kier molecular flexibility index (Phi) is 5.26.